The first kappa shape index (κ1) is 17.7. The van der Waals surface area contributed by atoms with Gasteiger partial charge in [-0.2, -0.15) is 5.10 Å². The number of benzene rings is 1. The van der Waals surface area contributed by atoms with Crippen molar-refractivity contribution < 1.29 is 9.59 Å². The van der Waals surface area contributed by atoms with Crippen molar-refractivity contribution in [1.29, 1.82) is 0 Å². The van der Waals surface area contributed by atoms with Gasteiger partial charge in [0, 0.05) is 31.5 Å². The molecule has 1 aliphatic rings. The van der Waals surface area contributed by atoms with Gasteiger partial charge in [-0.3, -0.25) is 19.3 Å². The number of rotatable bonds is 5. The second kappa shape index (κ2) is 7.51. The molecule has 3 aromatic rings. The lowest BCUT2D eigenvalue weighted by atomic mass is 10.3. The van der Waals surface area contributed by atoms with Crippen molar-refractivity contribution in [2.45, 2.75) is 13.5 Å². The monoisotopic (exact) mass is 376 g/mol. The summed E-state index contributed by atoms with van der Waals surface area (Å²) in [5.41, 5.74) is 1.91. The highest BCUT2D eigenvalue weighted by atomic mass is 16.2. The number of aryl methyl sites for hydroxylation is 1. The lowest BCUT2D eigenvalue weighted by Gasteiger charge is -2.18. The van der Waals surface area contributed by atoms with E-state index in [4.69, 9.17) is 0 Å². The van der Waals surface area contributed by atoms with E-state index in [9.17, 15) is 9.59 Å². The van der Waals surface area contributed by atoms with E-state index >= 15 is 0 Å². The number of anilines is 3. The summed E-state index contributed by atoms with van der Waals surface area (Å²) < 4.78 is 1.62. The molecule has 1 aliphatic heterocycles. The van der Waals surface area contributed by atoms with E-state index in [1.807, 2.05) is 37.3 Å². The van der Waals surface area contributed by atoms with Crippen LogP contribution >= 0.6 is 0 Å². The zero-order chi connectivity index (χ0) is 19.5. The van der Waals surface area contributed by atoms with E-state index in [1.165, 1.54) is 0 Å². The Balaban J connectivity index is 1.45. The summed E-state index contributed by atoms with van der Waals surface area (Å²) in [6.07, 6.45) is 3.15. The summed E-state index contributed by atoms with van der Waals surface area (Å²) in [5.74, 6) is 0.307. The highest BCUT2D eigenvalue weighted by molar-refractivity contribution is 6.06. The van der Waals surface area contributed by atoms with E-state index in [2.05, 4.69) is 15.4 Å². The molecular weight excluding hydrogens is 356 g/mol. The molecule has 8 heteroatoms. The van der Waals surface area contributed by atoms with Gasteiger partial charge in [0.15, 0.2) is 0 Å². The van der Waals surface area contributed by atoms with Crippen LogP contribution in [0.3, 0.4) is 0 Å². The van der Waals surface area contributed by atoms with Gasteiger partial charge in [0.05, 0.1) is 11.9 Å². The Hall–Kier alpha value is -3.68. The van der Waals surface area contributed by atoms with E-state index in [1.54, 1.807) is 45.1 Å². The van der Waals surface area contributed by atoms with Crippen LogP contribution in [0.4, 0.5) is 22.0 Å². The highest BCUT2D eigenvalue weighted by Gasteiger charge is 2.31. The van der Waals surface area contributed by atoms with Crippen LogP contribution in [-0.4, -0.2) is 39.8 Å². The number of para-hydroxylation sites is 1. The number of hydrogen-bond donors (Lipinski definition) is 1. The van der Waals surface area contributed by atoms with Crippen molar-refractivity contribution in [3.05, 3.63) is 66.6 Å². The standard InChI is InChI=1S/C20H20N6O2/c1-2-26-17(10-11-22-26)19(27)23-15-8-9-18(21-14-15)25-13-12-24(20(25)28)16-6-4-3-5-7-16/h3-11,14H,2,12-13H2,1H3,(H,23,27). The van der Waals surface area contributed by atoms with Crippen LogP contribution in [0.5, 0.6) is 0 Å². The van der Waals surface area contributed by atoms with Crippen LogP contribution in [-0.2, 0) is 6.54 Å². The van der Waals surface area contributed by atoms with Crippen LogP contribution in [0.25, 0.3) is 0 Å². The minimum atomic E-state index is -0.249. The van der Waals surface area contributed by atoms with Crippen molar-refractivity contribution >= 4 is 29.1 Å². The summed E-state index contributed by atoms with van der Waals surface area (Å²) in [6, 6.07) is 14.6. The van der Waals surface area contributed by atoms with Crippen molar-refractivity contribution in [2.24, 2.45) is 0 Å². The molecule has 0 bridgehead atoms. The Morgan fingerprint density at radius 3 is 2.57 bits per heavy atom. The van der Waals surface area contributed by atoms with E-state index < -0.39 is 0 Å². The van der Waals surface area contributed by atoms with E-state index in [-0.39, 0.29) is 11.9 Å². The van der Waals surface area contributed by atoms with Gasteiger partial charge in [0.25, 0.3) is 5.91 Å². The van der Waals surface area contributed by atoms with Gasteiger partial charge in [-0.05, 0) is 37.3 Å². The van der Waals surface area contributed by atoms with Gasteiger partial charge < -0.3 is 5.32 Å². The molecule has 3 heterocycles. The van der Waals surface area contributed by atoms with Crippen LogP contribution in [0.2, 0.25) is 0 Å². The molecule has 0 spiro atoms. The molecule has 0 atom stereocenters. The first-order chi connectivity index (χ1) is 13.7. The summed E-state index contributed by atoms with van der Waals surface area (Å²) in [5, 5.41) is 6.90. The number of pyridine rings is 1. The minimum Gasteiger partial charge on any atom is -0.319 e. The predicted octanol–water partition coefficient (Wildman–Crippen LogP) is 3.00. The van der Waals surface area contributed by atoms with Gasteiger partial charge in [0.2, 0.25) is 0 Å². The minimum absolute atomic E-state index is 0.109. The first-order valence-corrected chi connectivity index (χ1v) is 9.10. The second-order valence-electron chi connectivity index (χ2n) is 6.31. The Morgan fingerprint density at radius 2 is 1.86 bits per heavy atom. The molecule has 2 aromatic heterocycles. The van der Waals surface area contributed by atoms with Crippen molar-refractivity contribution in [3.8, 4) is 0 Å². The number of hydrogen-bond acceptors (Lipinski definition) is 4. The quantitative estimate of drug-likeness (QED) is 0.742. The Kier molecular flexibility index (Phi) is 4.76. The lowest BCUT2D eigenvalue weighted by molar-refractivity contribution is 0.101. The second-order valence-corrected chi connectivity index (χ2v) is 6.31. The molecule has 1 aromatic carbocycles. The maximum absolute atomic E-state index is 12.7. The number of nitrogens with zero attached hydrogens (tertiary/aromatic N) is 5. The summed E-state index contributed by atoms with van der Waals surface area (Å²) >= 11 is 0. The van der Waals surface area contributed by atoms with Gasteiger partial charge in [-0.25, -0.2) is 9.78 Å². The van der Waals surface area contributed by atoms with Crippen LogP contribution in [0.15, 0.2) is 60.9 Å². The fraction of sp³-hybridized carbons (Fsp3) is 0.200. The normalized spacial score (nSPS) is 13.8. The smallest absolute Gasteiger partial charge is 0.319 e. The fourth-order valence-electron chi connectivity index (χ4n) is 3.19. The molecule has 0 unspecified atom stereocenters. The molecule has 0 aliphatic carbocycles. The summed E-state index contributed by atoms with van der Waals surface area (Å²) in [6.45, 7) is 3.69. The van der Waals surface area contributed by atoms with Crippen LogP contribution in [0.1, 0.15) is 17.4 Å². The third kappa shape index (κ3) is 3.32. The van der Waals surface area contributed by atoms with Gasteiger partial charge in [0.1, 0.15) is 11.5 Å². The molecule has 0 saturated carbocycles. The fourth-order valence-corrected chi connectivity index (χ4v) is 3.19. The van der Waals surface area contributed by atoms with Crippen molar-refractivity contribution in [3.63, 3.8) is 0 Å². The molecule has 28 heavy (non-hydrogen) atoms. The molecule has 1 saturated heterocycles. The van der Waals surface area contributed by atoms with E-state index in [0.717, 1.165) is 5.69 Å². The molecule has 142 valence electrons. The first-order valence-electron chi connectivity index (χ1n) is 9.10. The predicted molar refractivity (Wildman–Crippen MR) is 107 cm³/mol. The van der Waals surface area contributed by atoms with Gasteiger partial charge in [-0.15, -0.1) is 0 Å². The number of carbonyl (C=O) groups is 2. The Labute approximate surface area is 162 Å². The number of aromatic nitrogens is 3. The maximum atomic E-state index is 12.7. The zero-order valence-corrected chi connectivity index (χ0v) is 15.4. The average molecular weight is 376 g/mol. The lowest BCUT2D eigenvalue weighted by Crippen LogP contribution is -2.32. The zero-order valence-electron chi connectivity index (χ0n) is 15.4. The summed E-state index contributed by atoms with van der Waals surface area (Å²) in [4.78, 5) is 32.8. The maximum Gasteiger partial charge on any atom is 0.330 e. The highest BCUT2D eigenvalue weighted by Crippen LogP contribution is 2.24. The molecule has 3 amide bonds. The number of urea groups is 1. The van der Waals surface area contributed by atoms with Gasteiger partial charge >= 0.3 is 6.03 Å². The topological polar surface area (TPSA) is 83.4 Å². The molecule has 1 N–H and O–H groups in total. The Bertz CT molecular complexity index is 983. The largest absolute Gasteiger partial charge is 0.330 e. The number of nitrogens with one attached hydrogen (secondary N) is 1. The van der Waals surface area contributed by atoms with Gasteiger partial charge in [-0.1, -0.05) is 18.2 Å². The summed E-state index contributed by atoms with van der Waals surface area (Å²) in [7, 11) is 0. The van der Waals surface area contributed by atoms with Crippen molar-refractivity contribution in [1.82, 2.24) is 14.8 Å². The van der Waals surface area contributed by atoms with Crippen molar-refractivity contribution in [2.75, 3.05) is 28.2 Å². The molecular formula is C20H20N6O2. The molecule has 1 fully saturated rings. The van der Waals surface area contributed by atoms with Crippen LogP contribution in [0, 0.1) is 0 Å². The SMILES string of the molecule is CCn1nccc1C(=O)Nc1ccc(N2CCN(c3ccccc3)C2=O)nc1. The number of amides is 3. The van der Waals surface area contributed by atoms with E-state index in [0.29, 0.717) is 36.8 Å². The third-order valence-electron chi connectivity index (χ3n) is 4.61. The van der Waals surface area contributed by atoms with Crippen LogP contribution < -0.4 is 15.1 Å². The number of carbonyl (C=O) groups excluding carboxylic acids is 2. The third-order valence-corrected chi connectivity index (χ3v) is 4.61. The molecule has 8 nitrogen and oxygen atoms in total. The average Bonchev–Trinajstić information content (AvgIpc) is 3.36. The Morgan fingerprint density at radius 1 is 1.07 bits per heavy atom. The molecule has 4 rings (SSSR count). The molecule has 0 radical (unpaired) electrons.